The van der Waals surface area contributed by atoms with E-state index in [1.807, 2.05) is 54.6 Å². The van der Waals surface area contributed by atoms with E-state index in [-0.39, 0.29) is 5.78 Å². The fourth-order valence-corrected chi connectivity index (χ4v) is 2.46. The van der Waals surface area contributed by atoms with Crippen molar-refractivity contribution in [1.82, 2.24) is 4.98 Å². The lowest BCUT2D eigenvalue weighted by molar-refractivity contribution is 0.103. The topological polar surface area (TPSA) is 32.9 Å². The summed E-state index contributed by atoms with van der Waals surface area (Å²) in [6.07, 6.45) is 0.822. The summed E-state index contributed by atoms with van der Waals surface area (Å²) in [7, 11) is 0. The molecule has 0 amide bonds. The Morgan fingerprint density at radius 1 is 1.00 bits per heavy atom. The summed E-state index contributed by atoms with van der Waals surface area (Å²) in [5.74, 6) is 0.0925. The summed E-state index contributed by atoms with van der Waals surface area (Å²) in [5, 5.41) is 1.01. The first-order valence-electron chi connectivity index (χ1n) is 6.50. The molecule has 0 saturated heterocycles. The number of aryl methyl sites for hydroxylation is 1. The van der Waals surface area contributed by atoms with Crippen LogP contribution in [0.1, 0.15) is 28.5 Å². The first-order chi connectivity index (χ1) is 9.31. The zero-order chi connectivity index (χ0) is 13.2. The number of hydrogen-bond acceptors (Lipinski definition) is 1. The van der Waals surface area contributed by atoms with Crippen LogP contribution < -0.4 is 0 Å². The molecule has 19 heavy (non-hydrogen) atoms. The minimum absolute atomic E-state index is 0.0925. The summed E-state index contributed by atoms with van der Waals surface area (Å²) in [6.45, 7) is 2.06. The molecule has 0 aliphatic heterocycles. The Labute approximate surface area is 112 Å². The second kappa shape index (κ2) is 4.73. The molecule has 94 valence electrons. The zero-order valence-electron chi connectivity index (χ0n) is 10.8. The number of nitrogens with one attached hydrogen (secondary N) is 1. The van der Waals surface area contributed by atoms with Crippen molar-refractivity contribution in [1.29, 1.82) is 0 Å². The Morgan fingerprint density at radius 2 is 1.68 bits per heavy atom. The molecule has 0 bridgehead atoms. The van der Waals surface area contributed by atoms with Crippen LogP contribution in [0.15, 0.2) is 54.6 Å². The van der Waals surface area contributed by atoms with Crippen molar-refractivity contribution in [2.45, 2.75) is 13.3 Å². The molecule has 0 saturated carbocycles. The van der Waals surface area contributed by atoms with Gasteiger partial charge in [-0.05, 0) is 12.5 Å². The number of fused-ring (bicyclic) bond motifs is 1. The predicted molar refractivity (Wildman–Crippen MR) is 77.6 cm³/mol. The zero-order valence-corrected chi connectivity index (χ0v) is 10.8. The molecule has 0 aliphatic carbocycles. The molecule has 2 aromatic carbocycles. The van der Waals surface area contributed by atoms with Crippen LogP contribution in [0, 0.1) is 0 Å². The second-order valence-electron chi connectivity index (χ2n) is 4.57. The lowest BCUT2D eigenvalue weighted by Gasteiger charge is -2.02. The molecule has 0 spiro atoms. The van der Waals surface area contributed by atoms with Crippen LogP contribution in [0.3, 0.4) is 0 Å². The van der Waals surface area contributed by atoms with E-state index in [0.717, 1.165) is 34.1 Å². The number of hydrogen-bond donors (Lipinski definition) is 1. The highest BCUT2D eigenvalue weighted by Crippen LogP contribution is 2.25. The summed E-state index contributed by atoms with van der Waals surface area (Å²) >= 11 is 0. The summed E-state index contributed by atoms with van der Waals surface area (Å²) in [4.78, 5) is 16.0. The first-order valence-corrected chi connectivity index (χ1v) is 6.50. The lowest BCUT2D eigenvalue weighted by Crippen LogP contribution is -2.03. The molecule has 2 nitrogen and oxygen atoms in total. The average molecular weight is 249 g/mol. The molecule has 0 atom stereocenters. The minimum atomic E-state index is 0.0925. The van der Waals surface area contributed by atoms with Gasteiger partial charge in [-0.1, -0.05) is 55.5 Å². The Bertz CT molecular complexity index is 725. The standard InChI is InChI=1S/C17H15NO/c1-2-14-16(13-10-6-7-11-15(13)18-14)17(19)12-8-4-3-5-9-12/h3-11,18H,2H2,1H3. The number of carbonyl (C=O) groups excluding carboxylic acids is 1. The van der Waals surface area contributed by atoms with Crippen LogP contribution in [-0.4, -0.2) is 10.8 Å². The van der Waals surface area contributed by atoms with E-state index in [4.69, 9.17) is 0 Å². The average Bonchev–Trinajstić information content (AvgIpc) is 2.86. The number of benzene rings is 2. The molecule has 0 unspecified atom stereocenters. The van der Waals surface area contributed by atoms with E-state index < -0.39 is 0 Å². The van der Waals surface area contributed by atoms with Gasteiger partial charge in [0.15, 0.2) is 5.78 Å². The Balaban J connectivity index is 2.21. The van der Waals surface area contributed by atoms with Crippen LogP contribution in [0.2, 0.25) is 0 Å². The van der Waals surface area contributed by atoms with Gasteiger partial charge in [0.2, 0.25) is 0 Å². The Hall–Kier alpha value is -2.35. The van der Waals surface area contributed by atoms with Crippen molar-refractivity contribution in [3.05, 3.63) is 71.4 Å². The Kier molecular flexibility index (Phi) is 2.92. The fraction of sp³-hybridized carbons (Fsp3) is 0.118. The number of para-hydroxylation sites is 1. The molecule has 1 N–H and O–H groups in total. The molecular weight excluding hydrogens is 234 g/mol. The van der Waals surface area contributed by atoms with E-state index in [1.54, 1.807) is 0 Å². The van der Waals surface area contributed by atoms with Gasteiger partial charge in [-0.2, -0.15) is 0 Å². The van der Waals surface area contributed by atoms with Crippen molar-refractivity contribution >= 4 is 16.7 Å². The highest BCUT2D eigenvalue weighted by molar-refractivity contribution is 6.17. The van der Waals surface area contributed by atoms with Gasteiger partial charge in [0.1, 0.15) is 0 Å². The smallest absolute Gasteiger partial charge is 0.195 e. The third kappa shape index (κ3) is 1.95. The predicted octanol–water partition coefficient (Wildman–Crippen LogP) is 3.96. The third-order valence-electron chi connectivity index (χ3n) is 3.40. The first kappa shape index (κ1) is 11.7. The lowest BCUT2D eigenvalue weighted by atomic mass is 9.99. The Morgan fingerprint density at radius 3 is 2.42 bits per heavy atom. The molecule has 0 radical (unpaired) electrons. The quantitative estimate of drug-likeness (QED) is 0.700. The van der Waals surface area contributed by atoms with E-state index in [9.17, 15) is 4.79 Å². The van der Waals surface area contributed by atoms with Gasteiger partial charge in [-0.15, -0.1) is 0 Å². The van der Waals surface area contributed by atoms with Gasteiger partial charge in [0.25, 0.3) is 0 Å². The van der Waals surface area contributed by atoms with E-state index in [0.29, 0.717) is 0 Å². The van der Waals surface area contributed by atoms with Gasteiger partial charge in [0, 0.05) is 22.2 Å². The van der Waals surface area contributed by atoms with Crippen molar-refractivity contribution in [2.24, 2.45) is 0 Å². The number of rotatable bonds is 3. The van der Waals surface area contributed by atoms with Crippen LogP contribution in [-0.2, 0) is 6.42 Å². The number of carbonyl (C=O) groups is 1. The van der Waals surface area contributed by atoms with Gasteiger partial charge in [0.05, 0.1) is 5.56 Å². The summed E-state index contributed by atoms with van der Waals surface area (Å²) in [5.41, 5.74) is 3.58. The summed E-state index contributed by atoms with van der Waals surface area (Å²) in [6, 6.07) is 17.4. The van der Waals surface area contributed by atoms with E-state index >= 15 is 0 Å². The van der Waals surface area contributed by atoms with Crippen molar-refractivity contribution in [3.8, 4) is 0 Å². The van der Waals surface area contributed by atoms with Crippen molar-refractivity contribution in [3.63, 3.8) is 0 Å². The molecule has 0 fully saturated rings. The van der Waals surface area contributed by atoms with Crippen molar-refractivity contribution in [2.75, 3.05) is 0 Å². The molecule has 3 aromatic rings. The minimum Gasteiger partial charge on any atom is -0.358 e. The third-order valence-corrected chi connectivity index (χ3v) is 3.40. The normalized spacial score (nSPS) is 10.8. The number of aromatic amines is 1. The van der Waals surface area contributed by atoms with Gasteiger partial charge >= 0.3 is 0 Å². The SMILES string of the molecule is CCc1[nH]c2ccccc2c1C(=O)c1ccccc1. The summed E-state index contributed by atoms with van der Waals surface area (Å²) < 4.78 is 0. The molecule has 2 heteroatoms. The van der Waals surface area contributed by atoms with Crippen LogP contribution in [0.5, 0.6) is 0 Å². The van der Waals surface area contributed by atoms with Gasteiger partial charge < -0.3 is 4.98 Å². The molecule has 1 heterocycles. The number of H-pyrrole nitrogens is 1. The molecule has 1 aromatic heterocycles. The maximum absolute atomic E-state index is 12.7. The highest BCUT2D eigenvalue weighted by Gasteiger charge is 2.18. The second-order valence-corrected chi connectivity index (χ2v) is 4.57. The largest absolute Gasteiger partial charge is 0.358 e. The van der Waals surface area contributed by atoms with Gasteiger partial charge in [-0.3, -0.25) is 4.79 Å². The fourth-order valence-electron chi connectivity index (χ4n) is 2.46. The number of ketones is 1. The highest BCUT2D eigenvalue weighted by atomic mass is 16.1. The van der Waals surface area contributed by atoms with Crippen LogP contribution in [0.4, 0.5) is 0 Å². The maximum atomic E-state index is 12.7. The van der Waals surface area contributed by atoms with Crippen molar-refractivity contribution < 1.29 is 4.79 Å². The van der Waals surface area contributed by atoms with Crippen LogP contribution >= 0.6 is 0 Å². The number of aromatic nitrogens is 1. The maximum Gasteiger partial charge on any atom is 0.195 e. The molecule has 0 aliphatic rings. The van der Waals surface area contributed by atoms with E-state index in [2.05, 4.69) is 11.9 Å². The molecule has 3 rings (SSSR count). The van der Waals surface area contributed by atoms with Crippen LogP contribution in [0.25, 0.3) is 10.9 Å². The van der Waals surface area contributed by atoms with E-state index in [1.165, 1.54) is 0 Å². The van der Waals surface area contributed by atoms with Gasteiger partial charge in [-0.25, -0.2) is 0 Å². The monoisotopic (exact) mass is 249 g/mol. The molecular formula is C17H15NO.